The third kappa shape index (κ3) is 3.93. The van der Waals surface area contributed by atoms with E-state index in [2.05, 4.69) is 56.4 Å². The van der Waals surface area contributed by atoms with Crippen LogP contribution in [0.5, 0.6) is 0 Å². The van der Waals surface area contributed by atoms with Gasteiger partial charge in [-0.3, -0.25) is 0 Å². The maximum absolute atomic E-state index is 2.51. The summed E-state index contributed by atoms with van der Waals surface area (Å²) in [6.45, 7) is 4.64. The van der Waals surface area contributed by atoms with Crippen LogP contribution < -0.4 is 12.4 Å². The van der Waals surface area contributed by atoms with Gasteiger partial charge in [0.25, 0.3) is 0 Å². The Bertz CT molecular complexity index is 394. The molecule has 0 amide bonds. The van der Waals surface area contributed by atoms with Crippen LogP contribution in [0.15, 0.2) is 52.4 Å². The summed E-state index contributed by atoms with van der Waals surface area (Å²) in [5.41, 5.74) is 0. The van der Waals surface area contributed by atoms with Crippen molar-refractivity contribution in [3.63, 3.8) is 0 Å². The van der Waals surface area contributed by atoms with E-state index in [-0.39, 0.29) is 12.4 Å². The first kappa shape index (κ1) is 15.9. The molecule has 0 heterocycles. The Hall–Kier alpha value is -0.127. The third-order valence-corrected chi connectivity index (χ3v) is 10.7. The van der Waals surface area contributed by atoms with Crippen LogP contribution in [-0.4, -0.2) is 0 Å². The molecular formula is C16H21ClZr. The summed E-state index contributed by atoms with van der Waals surface area (Å²) in [5.74, 6) is 0. The van der Waals surface area contributed by atoms with E-state index >= 15 is 0 Å². The first-order valence-corrected chi connectivity index (χ1v) is 10.3. The van der Waals surface area contributed by atoms with Crippen LogP contribution in [0, 0.1) is 0 Å². The normalized spacial score (nSPS) is 17.6. The van der Waals surface area contributed by atoms with Gasteiger partial charge in [-0.05, 0) is 0 Å². The summed E-state index contributed by atoms with van der Waals surface area (Å²) < 4.78 is 5.23. The van der Waals surface area contributed by atoms with E-state index < -0.39 is 21.8 Å². The number of halogens is 1. The largest absolute Gasteiger partial charge is 1.00 e. The van der Waals surface area contributed by atoms with Crippen LogP contribution in [0.4, 0.5) is 0 Å². The Balaban J connectivity index is 0.00000162. The second-order valence-corrected chi connectivity index (χ2v) is 11.6. The molecule has 0 saturated heterocycles. The van der Waals surface area contributed by atoms with Crippen molar-refractivity contribution in [2.75, 3.05) is 0 Å². The molecule has 0 aliphatic heterocycles. The van der Waals surface area contributed by atoms with E-state index in [4.69, 9.17) is 0 Å². The van der Waals surface area contributed by atoms with Crippen molar-refractivity contribution in [1.29, 1.82) is 0 Å². The quantitative estimate of drug-likeness (QED) is 0.718. The molecule has 96 valence electrons. The van der Waals surface area contributed by atoms with Gasteiger partial charge in [0.2, 0.25) is 0 Å². The van der Waals surface area contributed by atoms with Gasteiger partial charge in [-0.1, -0.05) is 0 Å². The minimum Gasteiger partial charge on any atom is -1.00 e. The Morgan fingerprint density at radius 3 is 2.11 bits per heavy atom. The molecule has 0 saturated carbocycles. The zero-order valence-corrected chi connectivity index (χ0v) is 14.5. The predicted molar refractivity (Wildman–Crippen MR) is 72.3 cm³/mol. The van der Waals surface area contributed by atoms with E-state index in [1.807, 2.05) is 0 Å². The zero-order valence-electron chi connectivity index (χ0n) is 11.2. The maximum Gasteiger partial charge on any atom is -1.00 e. The van der Waals surface area contributed by atoms with Gasteiger partial charge in [0.15, 0.2) is 0 Å². The number of allylic oxidation sites excluding steroid dienone is 10. The van der Waals surface area contributed by atoms with Crippen LogP contribution in [-0.2, 0) is 21.8 Å². The van der Waals surface area contributed by atoms with Crippen molar-refractivity contribution in [3.8, 4) is 0 Å². The molecule has 2 aliphatic rings. The second kappa shape index (κ2) is 8.13. The van der Waals surface area contributed by atoms with Gasteiger partial charge in [-0.2, -0.15) is 0 Å². The van der Waals surface area contributed by atoms with Crippen molar-refractivity contribution in [2.45, 2.75) is 39.5 Å². The van der Waals surface area contributed by atoms with Gasteiger partial charge in [0.1, 0.15) is 0 Å². The fraction of sp³-hybridized carbons (Fsp3) is 0.375. The molecule has 0 unspecified atom stereocenters. The molecular weight excluding hydrogens is 319 g/mol. The Labute approximate surface area is 125 Å². The molecule has 0 aromatic carbocycles. The van der Waals surface area contributed by atoms with Crippen LogP contribution in [0.1, 0.15) is 39.5 Å². The average Bonchev–Trinajstić information content (AvgIpc) is 2.99. The molecule has 2 aliphatic carbocycles. The Morgan fingerprint density at radius 2 is 1.72 bits per heavy atom. The molecule has 0 aromatic heterocycles. The van der Waals surface area contributed by atoms with Crippen molar-refractivity contribution in [2.24, 2.45) is 0 Å². The molecule has 0 spiro atoms. The Kier molecular flexibility index (Phi) is 7.19. The van der Waals surface area contributed by atoms with E-state index in [1.54, 1.807) is 9.84 Å². The molecule has 2 rings (SSSR count). The van der Waals surface area contributed by atoms with E-state index in [0.29, 0.717) is 0 Å². The summed E-state index contributed by atoms with van der Waals surface area (Å²) in [6, 6.07) is 0. The summed E-state index contributed by atoms with van der Waals surface area (Å²) in [5, 5.41) is 0. The topological polar surface area (TPSA) is 0 Å². The molecule has 18 heavy (non-hydrogen) atoms. The summed E-state index contributed by atoms with van der Waals surface area (Å²) in [7, 11) is 0. The maximum atomic E-state index is 2.51. The van der Waals surface area contributed by atoms with Crippen molar-refractivity contribution >= 4 is 0 Å². The number of hydrogen-bond donors (Lipinski definition) is 0. The van der Waals surface area contributed by atoms with E-state index in [9.17, 15) is 0 Å². The van der Waals surface area contributed by atoms with Gasteiger partial charge in [0, 0.05) is 0 Å². The van der Waals surface area contributed by atoms with E-state index in [0.717, 1.165) is 0 Å². The summed E-state index contributed by atoms with van der Waals surface area (Å²) >= 11 is -1.65. The zero-order chi connectivity index (χ0) is 12.1. The van der Waals surface area contributed by atoms with Crippen LogP contribution in [0.3, 0.4) is 0 Å². The minimum absolute atomic E-state index is 0. The van der Waals surface area contributed by atoms with Gasteiger partial charge in [-0.25, -0.2) is 0 Å². The van der Waals surface area contributed by atoms with Gasteiger partial charge in [0.05, 0.1) is 0 Å². The van der Waals surface area contributed by atoms with Gasteiger partial charge >= 0.3 is 114 Å². The van der Waals surface area contributed by atoms with Crippen molar-refractivity contribution in [1.82, 2.24) is 0 Å². The third-order valence-electron chi connectivity index (χ3n) is 3.32. The van der Waals surface area contributed by atoms with Crippen molar-refractivity contribution in [3.05, 3.63) is 52.4 Å². The second-order valence-electron chi connectivity index (χ2n) is 4.70. The summed E-state index contributed by atoms with van der Waals surface area (Å²) in [4.78, 5) is 0. The van der Waals surface area contributed by atoms with Crippen molar-refractivity contribution < 1.29 is 34.2 Å². The standard InChI is InChI=1S/C6H11.2C5H5.ClH.Zr/c1-3-5-6-4-2;2*1-2-4-5-3-1;;/h6H,3,5H2,1-2H3;2*1-3H,4H2;1H;/q;;;;+1/p-1. The van der Waals surface area contributed by atoms with Gasteiger partial charge < -0.3 is 12.4 Å². The molecule has 2 heteroatoms. The molecule has 0 bridgehead atoms. The molecule has 0 aromatic rings. The average molecular weight is 340 g/mol. The molecule has 0 nitrogen and oxygen atoms in total. The molecule has 0 fully saturated rings. The first-order valence-electron chi connectivity index (χ1n) is 6.59. The van der Waals surface area contributed by atoms with Gasteiger partial charge in [-0.15, -0.1) is 0 Å². The predicted octanol–water partition coefficient (Wildman–Crippen LogP) is 2.00. The van der Waals surface area contributed by atoms with Crippen LogP contribution in [0.2, 0.25) is 0 Å². The number of hydrogen-bond acceptors (Lipinski definition) is 0. The molecule has 0 radical (unpaired) electrons. The van der Waals surface area contributed by atoms with Crippen LogP contribution in [0.25, 0.3) is 0 Å². The number of unbranched alkanes of at least 4 members (excludes halogenated alkanes) is 1. The Morgan fingerprint density at radius 1 is 1.17 bits per heavy atom. The monoisotopic (exact) mass is 338 g/mol. The first-order chi connectivity index (χ1) is 8.33. The fourth-order valence-corrected chi connectivity index (χ4v) is 9.68. The van der Waals surface area contributed by atoms with Crippen LogP contribution >= 0.6 is 0 Å². The minimum atomic E-state index is -1.65. The summed E-state index contributed by atoms with van der Waals surface area (Å²) in [6.07, 6.45) is 21.3. The molecule has 0 N–H and O–H groups in total. The van der Waals surface area contributed by atoms with E-state index in [1.165, 1.54) is 25.7 Å². The number of rotatable bonds is 5. The molecule has 0 atom stereocenters. The fourth-order valence-electron chi connectivity index (χ4n) is 2.44. The SMILES string of the molecule is CCC/C=[C](/C)[Zr+]([C]1=CC=CC1)[C]1=CC=CC1.[Cl-]. The smallest absolute Gasteiger partial charge is 1.00 e.